The van der Waals surface area contributed by atoms with Crippen molar-refractivity contribution >= 4 is 11.8 Å². The predicted molar refractivity (Wildman–Crippen MR) is 124 cm³/mol. The summed E-state index contributed by atoms with van der Waals surface area (Å²) in [4.78, 5) is 14.4. The number of nitrogens with zero attached hydrogens (tertiary/aromatic N) is 4. The lowest BCUT2D eigenvalue weighted by Gasteiger charge is -2.34. The Labute approximate surface area is 178 Å². The lowest BCUT2D eigenvalue weighted by atomic mass is 10.0. The molecule has 0 radical (unpaired) electrons. The fourth-order valence-corrected chi connectivity index (χ4v) is 4.53. The van der Waals surface area contributed by atoms with Gasteiger partial charge in [0.05, 0.1) is 0 Å². The molecule has 2 fully saturated rings. The topological polar surface area (TPSA) is 44.3 Å². The molecule has 2 aliphatic rings. The first-order valence-corrected chi connectivity index (χ1v) is 11.8. The van der Waals surface area contributed by atoms with Gasteiger partial charge in [0.2, 0.25) is 5.95 Å². The van der Waals surface area contributed by atoms with Gasteiger partial charge in [-0.25, -0.2) is 4.98 Å². The molecule has 1 unspecified atom stereocenters. The number of hydrogen-bond acceptors (Lipinski definition) is 5. The Bertz CT molecular complexity index is 624. The molecule has 0 spiro atoms. The summed E-state index contributed by atoms with van der Waals surface area (Å²) in [5, 5.41) is 3.61. The van der Waals surface area contributed by atoms with Crippen molar-refractivity contribution in [1.29, 1.82) is 0 Å². The van der Waals surface area contributed by atoms with E-state index in [-0.39, 0.29) is 0 Å². The van der Waals surface area contributed by atoms with Crippen LogP contribution in [-0.2, 0) is 0 Å². The molecule has 2 saturated heterocycles. The maximum Gasteiger partial charge on any atom is 0.224 e. The van der Waals surface area contributed by atoms with Gasteiger partial charge < -0.3 is 15.1 Å². The van der Waals surface area contributed by atoms with Gasteiger partial charge >= 0.3 is 0 Å². The van der Waals surface area contributed by atoms with Crippen LogP contribution in [0, 0.1) is 5.92 Å². The third kappa shape index (κ3) is 7.61. The number of allylic oxidation sites excluding steroid dienone is 2. The molecule has 0 amide bonds. The second-order valence-corrected chi connectivity index (χ2v) is 9.32. The van der Waals surface area contributed by atoms with Crippen molar-refractivity contribution in [3.8, 4) is 0 Å². The quantitative estimate of drug-likeness (QED) is 0.615. The molecule has 3 rings (SSSR count). The van der Waals surface area contributed by atoms with E-state index < -0.39 is 0 Å². The van der Waals surface area contributed by atoms with Crippen LogP contribution in [0.25, 0.3) is 0 Å². The van der Waals surface area contributed by atoms with E-state index in [2.05, 4.69) is 53.0 Å². The molecule has 1 aromatic rings. The number of likely N-dealkylation sites (tertiary alicyclic amines) is 1. The van der Waals surface area contributed by atoms with Crippen LogP contribution in [-0.4, -0.2) is 53.6 Å². The van der Waals surface area contributed by atoms with Crippen LogP contribution in [0.2, 0.25) is 0 Å². The van der Waals surface area contributed by atoms with E-state index in [1.54, 1.807) is 0 Å². The molecule has 5 heteroatoms. The van der Waals surface area contributed by atoms with Gasteiger partial charge in [0.25, 0.3) is 0 Å². The summed E-state index contributed by atoms with van der Waals surface area (Å²) >= 11 is 0. The van der Waals surface area contributed by atoms with E-state index in [0.29, 0.717) is 6.04 Å². The average molecular weight is 400 g/mol. The lowest BCUT2D eigenvalue weighted by Crippen LogP contribution is -2.41. The standard InChI is InChI=1S/C24H41N5/c1-20(2)9-8-10-21(3)19-28-17-12-22(13-18-28)26-24-25-14-11-23(27-24)29-15-6-4-5-7-16-29/h9,11,14,21-22H,4-8,10,12-13,15-19H2,1-3H3,(H,25,26,27). The molecule has 5 nitrogen and oxygen atoms in total. The van der Waals surface area contributed by atoms with Crippen molar-refractivity contribution in [2.75, 3.05) is 42.9 Å². The molecule has 29 heavy (non-hydrogen) atoms. The third-order valence-electron chi connectivity index (χ3n) is 6.27. The molecule has 3 heterocycles. The number of piperidine rings is 1. The van der Waals surface area contributed by atoms with Gasteiger partial charge in [-0.3, -0.25) is 0 Å². The Morgan fingerprint density at radius 1 is 1.14 bits per heavy atom. The van der Waals surface area contributed by atoms with E-state index in [0.717, 1.165) is 30.8 Å². The highest BCUT2D eigenvalue weighted by molar-refractivity contribution is 5.43. The average Bonchev–Trinajstić information content (AvgIpc) is 2.99. The first-order chi connectivity index (χ1) is 14.1. The monoisotopic (exact) mass is 399 g/mol. The van der Waals surface area contributed by atoms with Crippen molar-refractivity contribution in [2.45, 2.75) is 78.2 Å². The van der Waals surface area contributed by atoms with Gasteiger partial charge in [-0.1, -0.05) is 31.4 Å². The maximum absolute atomic E-state index is 4.83. The normalized spacial score (nSPS) is 20.2. The van der Waals surface area contributed by atoms with Crippen molar-refractivity contribution in [3.63, 3.8) is 0 Å². The first kappa shape index (κ1) is 22.1. The number of rotatable bonds is 8. The van der Waals surface area contributed by atoms with Crippen LogP contribution in [0.5, 0.6) is 0 Å². The molecule has 1 aromatic heterocycles. The van der Waals surface area contributed by atoms with Crippen LogP contribution in [0.3, 0.4) is 0 Å². The fraction of sp³-hybridized carbons (Fsp3) is 0.750. The summed E-state index contributed by atoms with van der Waals surface area (Å²) < 4.78 is 0. The highest BCUT2D eigenvalue weighted by Crippen LogP contribution is 2.20. The molecular weight excluding hydrogens is 358 g/mol. The Morgan fingerprint density at radius 3 is 2.55 bits per heavy atom. The minimum absolute atomic E-state index is 0.492. The lowest BCUT2D eigenvalue weighted by molar-refractivity contribution is 0.189. The Kier molecular flexibility index (Phi) is 8.78. The van der Waals surface area contributed by atoms with Crippen LogP contribution in [0.1, 0.15) is 72.1 Å². The van der Waals surface area contributed by atoms with Gasteiger partial charge in [-0.05, 0) is 64.4 Å². The molecule has 1 N–H and O–H groups in total. The van der Waals surface area contributed by atoms with E-state index in [4.69, 9.17) is 4.98 Å². The fourth-order valence-electron chi connectivity index (χ4n) is 4.53. The summed E-state index contributed by atoms with van der Waals surface area (Å²) in [5.74, 6) is 2.66. The molecule has 1 atom stereocenters. The highest BCUT2D eigenvalue weighted by Gasteiger charge is 2.21. The van der Waals surface area contributed by atoms with Crippen molar-refractivity contribution in [1.82, 2.24) is 14.9 Å². The van der Waals surface area contributed by atoms with Crippen molar-refractivity contribution < 1.29 is 0 Å². The van der Waals surface area contributed by atoms with Gasteiger partial charge in [0.15, 0.2) is 0 Å². The molecule has 162 valence electrons. The molecule has 0 aromatic carbocycles. The first-order valence-electron chi connectivity index (χ1n) is 11.8. The van der Waals surface area contributed by atoms with E-state index in [1.807, 2.05) is 6.20 Å². The summed E-state index contributed by atoms with van der Waals surface area (Å²) in [6, 6.07) is 2.56. The summed E-state index contributed by atoms with van der Waals surface area (Å²) in [7, 11) is 0. The number of aromatic nitrogens is 2. The van der Waals surface area contributed by atoms with E-state index in [1.165, 1.54) is 76.6 Å². The molecule has 2 aliphatic heterocycles. The summed E-state index contributed by atoms with van der Waals surface area (Å²) in [6.07, 6.45) is 14.4. The maximum atomic E-state index is 4.83. The molecule has 0 bridgehead atoms. The van der Waals surface area contributed by atoms with Gasteiger partial charge in [0, 0.05) is 45.0 Å². The van der Waals surface area contributed by atoms with Crippen LogP contribution >= 0.6 is 0 Å². The largest absolute Gasteiger partial charge is 0.356 e. The summed E-state index contributed by atoms with van der Waals surface area (Å²) in [6.45, 7) is 12.6. The Balaban J connectivity index is 1.42. The Morgan fingerprint density at radius 2 is 1.86 bits per heavy atom. The number of hydrogen-bond donors (Lipinski definition) is 1. The zero-order valence-electron chi connectivity index (χ0n) is 18.9. The summed E-state index contributed by atoms with van der Waals surface area (Å²) in [5.41, 5.74) is 1.44. The van der Waals surface area contributed by atoms with E-state index in [9.17, 15) is 0 Å². The zero-order valence-corrected chi connectivity index (χ0v) is 18.9. The second-order valence-electron chi connectivity index (χ2n) is 9.32. The third-order valence-corrected chi connectivity index (χ3v) is 6.27. The second kappa shape index (κ2) is 11.5. The van der Waals surface area contributed by atoms with Gasteiger partial charge in [0.1, 0.15) is 5.82 Å². The predicted octanol–water partition coefficient (Wildman–Crippen LogP) is 5.12. The van der Waals surface area contributed by atoms with Crippen LogP contribution in [0.4, 0.5) is 11.8 Å². The zero-order chi connectivity index (χ0) is 20.5. The molecular formula is C24H41N5. The van der Waals surface area contributed by atoms with E-state index >= 15 is 0 Å². The SMILES string of the molecule is CC(C)=CCCC(C)CN1CCC(Nc2nccc(N3CCCCCC3)n2)CC1. The Hall–Kier alpha value is -1.62. The van der Waals surface area contributed by atoms with Gasteiger partial charge in [-0.2, -0.15) is 4.98 Å². The molecule has 0 saturated carbocycles. The van der Waals surface area contributed by atoms with Gasteiger partial charge in [-0.15, -0.1) is 0 Å². The minimum Gasteiger partial charge on any atom is -0.356 e. The smallest absolute Gasteiger partial charge is 0.224 e. The van der Waals surface area contributed by atoms with Crippen molar-refractivity contribution in [3.05, 3.63) is 23.9 Å². The van der Waals surface area contributed by atoms with Crippen molar-refractivity contribution in [2.24, 2.45) is 5.92 Å². The minimum atomic E-state index is 0.492. The van der Waals surface area contributed by atoms with Crippen LogP contribution < -0.4 is 10.2 Å². The number of anilines is 2. The highest BCUT2D eigenvalue weighted by atomic mass is 15.2. The van der Waals surface area contributed by atoms with Crippen LogP contribution in [0.15, 0.2) is 23.9 Å². The number of nitrogens with one attached hydrogen (secondary N) is 1. The molecule has 0 aliphatic carbocycles.